The maximum Gasteiger partial charge on any atom is 0.417 e. The Labute approximate surface area is 101 Å². The summed E-state index contributed by atoms with van der Waals surface area (Å²) in [7, 11) is 0. The Morgan fingerprint density at radius 3 is 2.28 bits per heavy atom. The highest BCUT2D eigenvalue weighted by Crippen LogP contribution is 2.36. The molecular weight excluding hydrogens is 243 g/mol. The van der Waals surface area contributed by atoms with Gasteiger partial charge in [0.05, 0.1) is 28.8 Å². The number of nitrogens with zero attached hydrogens (tertiary/aromatic N) is 1. The number of pyridine rings is 1. The van der Waals surface area contributed by atoms with E-state index in [-0.39, 0.29) is 22.6 Å². The molecule has 0 atom stereocenters. The molecule has 6 heteroatoms. The van der Waals surface area contributed by atoms with E-state index in [0.717, 1.165) is 6.07 Å². The van der Waals surface area contributed by atoms with Gasteiger partial charge in [0.1, 0.15) is 0 Å². The van der Waals surface area contributed by atoms with E-state index in [1.54, 1.807) is 0 Å². The Balaban J connectivity index is 2.61. The van der Waals surface area contributed by atoms with Crippen molar-refractivity contribution in [3.8, 4) is 11.3 Å². The van der Waals surface area contributed by atoms with Crippen LogP contribution in [0.15, 0.2) is 36.5 Å². The van der Waals surface area contributed by atoms with Crippen molar-refractivity contribution in [2.24, 2.45) is 0 Å². The Morgan fingerprint density at radius 1 is 1.00 bits per heavy atom. The van der Waals surface area contributed by atoms with Crippen molar-refractivity contribution < 1.29 is 13.2 Å². The van der Waals surface area contributed by atoms with Crippen molar-refractivity contribution in [1.82, 2.24) is 4.98 Å². The summed E-state index contributed by atoms with van der Waals surface area (Å²) in [5.74, 6) is 0. The quantitative estimate of drug-likeness (QED) is 0.821. The first kappa shape index (κ1) is 12.2. The standard InChI is InChI=1S/C12H10F3N3/c13-12(14,15)8-4-2-1-3-7(8)11-5-9(16)10(17)6-18-11/h1-6H,17H2,(H2,16,18). The third-order valence-electron chi connectivity index (χ3n) is 2.48. The van der Waals surface area contributed by atoms with Crippen LogP contribution in [0.25, 0.3) is 11.3 Å². The molecule has 94 valence electrons. The van der Waals surface area contributed by atoms with Gasteiger partial charge < -0.3 is 11.5 Å². The third kappa shape index (κ3) is 2.22. The van der Waals surface area contributed by atoms with E-state index in [1.807, 2.05) is 0 Å². The van der Waals surface area contributed by atoms with E-state index in [0.29, 0.717) is 0 Å². The van der Waals surface area contributed by atoms with Gasteiger partial charge in [-0.25, -0.2) is 0 Å². The van der Waals surface area contributed by atoms with Crippen molar-refractivity contribution in [3.63, 3.8) is 0 Å². The van der Waals surface area contributed by atoms with Crippen molar-refractivity contribution in [2.45, 2.75) is 6.18 Å². The van der Waals surface area contributed by atoms with Crippen LogP contribution in [0.4, 0.5) is 24.5 Å². The van der Waals surface area contributed by atoms with Crippen molar-refractivity contribution in [3.05, 3.63) is 42.1 Å². The van der Waals surface area contributed by atoms with Gasteiger partial charge in [-0.15, -0.1) is 0 Å². The number of benzene rings is 1. The molecule has 0 unspecified atom stereocenters. The maximum absolute atomic E-state index is 12.8. The lowest BCUT2D eigenvalue weighted by molar-refractivity contribution is -0.137. The highest BCUT2D eigenvalue weighted by Gasteiger charge is 2.33. The second-order valence-corrected chi connectivity index (χ2v) is 3.74. The first-order chi connectivity index (χ1) is 8.39. The van der Waals surface area contributed by atoms with Crippen LogP contribution in [-0.2, 0) is 6.18 Å². The molecule has 0 amide bonds. The van der Waals surface area contributed by atoms with E-state index < -0.39 is 11.7 Å². The molecule has 2 rings (SSSR count). The van der Waals surface area contributed by atoms with E-state index >= 15 is 0 Å². The first-order valence-corrected chi connectivity index (χ1v) is 5.07. The molecule has 2 aromatic rings. The SMILES string of the molecule is Nc1cnc(-c2ccccc2C(F)(F)F)cc1N. The summed E-state index contributed by atoms with van der Waals surface area (Å²) in [6.07, 6.45) is -3.19. The lowest BCUT2D eigenvalue weighted by atomic mass is 10.0. The molecule has 0 bridgehead atoms. The topological polar surface area (TPSA) is 64.9 Å². The van der Waals surface area contributed by atoms with Crippen LogP contribution in [-0.4, -0.2) is 4.98 Å². The van der Waals surface area contributed by atoms with Gasteiger partial charge in [0, 0.05) is 5.56 Å². The minimum absolute atomic E-state index is 0.0169. The molecule has 18 heavy (non-hydrogen) atoms. The largest absolute Gasteiger partial charge is 0.417 e. The fourth-order valence-corrected chi connectivity index (χ4v) is 1.58. The molecule has 0 saturated carbocycles. The number of aromatic nitrogens is 1. The van der Waals surface area contributed by atoms with Gasteiger partial charge in [0.25, 0.3) is 0 Å². The summed E-state index contributed by atoms with van der Waals surface area (Å²) in [6, 6.07) is 6.52. The number of nitrogens with two attached hydrogens (primary N) is 2. The van der Waals surface area contributed by atoms with Crippen molar-refractivity contribution in [1.29, 1.82) is 0 Å². The lowest BCUT2D eigenvalue weighted by Gasteiger charge is -2.12. The molecular formula is C12H10F3N3. The zero-order chi connectivity index (χ0) is 13.3. The van der Waals surface area contributed by atoms with Crippen LogP contribution < -0.4 is 11.5 Å². The Bertz CT molecular complexity index is 579. The summed E-state index contributed by atoms with van der Waals surface area (Å²) < 4.78 is 38.5. The van der Waals surface area contributed by atoms with Gasteiger partial charge in [-0.1, -0.05) is 18.2 Å². The molecule has 0 aliphatic rings. The van der Waals surface area contributed by atoms with Crippen LogP contribution in [0.3, 0.4) is 0 Å². The van der Waals surface area contributed by atoms with Gasteiger partial charge in [-0.3, -0.25) is 4.98 Å². The molecule has 3 nitrogen and oxygen atoms in total. The molecule has 0 aliphatic heterocycles. The van der Waals surface area contributed by atoms with Crippen molar-refractivity contribution >= 4 is 11.4 Å². The van der Waals surface area contributed by atoms with E-state index in [1.165, 1.54) is 30.5 Å². The third-order valence-corrected chi connectivity index (χ3v) is 2.48. The second-order valence-electron chi connectivity index (χ2n) is 3.74. The average molecular weight is 253 g/mol. The smallest absolute Gasteiger partial charge is 0.397 e. The minimum Gasteiger partial charge on any atom is -0.397 e. The minimum atomic E-state index is -4.44. The predicted molar refractivity (Wildman–Crippen MR) is 63.5 cm³/mol. The Morgan fingerprint density at radius 2 is 1.67 bits per heavy atom. The highest BCUT2D eigenvalue weighted by atomic mass is 19.4. The van der Waals surface area contributed by atoms with Crippen LogP contribution in [0.2, 0.25) is 0 Å². The summed E-state index contributed by atoms with van der Waals surface area (Å²) >= 11 is 0. The fourth-order valence-electron chi connectivity index (χ4n) is 1.58. The van der Waals surface area contributed by atoms with E-state index in [9.17, 15) is 13.2 Å². The molecule has 0 spiro atoms. The average Bonchev–Trinajstić information content (AvgIpc) is 2.32. The molecule has 0 aliphatic carbocycles. The van der Waals surface area contributed by atoms with Gasteiger partial charge in [0.15, 0.2) is 0 Å². The summed E-state index contributed by atoms with van der Waals surface area (Å²) in [6.45, 7) is 0. The lowest BCUT2D eigenvalue weighted by Crippen LogP contribution is -2.07. The summed E-state index contributed by atoms with van der Waals surface area (Å²) in [4.78, 5) is 3.88. The first-order valence-electron chi connectivity index (χ1n) is 5.07. The Hall–Kier alpha value is -2.24. The van der Waals surface area contributed by atoms with Crippen LogP contribution in [0, 0.1) is 0 Å². The normalized spacial score (nSPS) is 11.5. The van der Waals surface area contributed by atoms with Crippen LogP contribution >= 0.6 is 0 Å². The highest BCUT2D eigenvalue weighted by molar-refractivity contribution is 5.72. The molecule has 0 radical (unpaired) electrons. The monoisotopic (exact) mass is 253 g/mol. The van der Waals surface area contributed by atoms with Crippen LogP contribution in [0.1, 0.15) is 5.56 Å². The number of anilines is 2. The molecule has 0 saturated heterocycles. The summed E-state index contributed by atoms with van der Waals surface area (Å²) in [5.41, 5.74) is 10.9. The van der Waals surface area contributed by atoms with Crippen LogP contribution in [0.5, 0.6) is 0 Å². The van der Waals surface area contributed by atoms with Crippen molar-refractivity contribution in [2.75, 3.05) is 11.5 Å². The fraction of sp³-hybridized carbons (Fsp3) is 0.0833. The Kier molecular flexibility index (Phi) is 2.86. The predicted octanol–water partition coefficient (Wildman–Crippen LogP) is 2.93. The molecule has 0 fully saturated rings. The number of hydrogen-bond donors (Lipinski definition) is 2. The number of alkyl halides is 3. The molecule has 1 aromatic heterocycles. The van der Waals surface area contributed by atoms with E-state index in [2.05, 4.69) is 4.98 Å². The van der Waals surface area contributed by atoms with E-state index in [4.69, 9.17) is 11.5 Å². The number of nitrogen functional groups attached to an aromatic ring is 2. The molecule has 1 aromatic carbocycles. The second kappa shape index (κ2) is 4.21. The zero-order valence-electron chi connectivity index (χ0n) is 9.20. The van der Waals surface area contributed by atoms with Gasteiger partial charge in [-0.05, 0) is 12.1 Å². The van der Waals surface area contributed by atoms with Gasteiger partial charge in [-0.2, -0.15) is 13.2 Å². The molecule has 4 N–H and O–H groups in total. The number of rotatable bonds is 1. The molecule has 1 heterocycles. The number of halogens is 3. The number of hydrogen-bond acceptors (Lipinski definition) is 3. The van der Waals surface area contributed by atoms with Gasteiger partial charge in [0.2, 0.25) is 0 Å². The van der Waals surface area contributed by atoms with Gasteiger partial charge >= 0.3 is 6.18 Å². The maximum atomic E-state index is 12.8. The summed E-state index contributed by atoms with van der Waals surface area (Å²) in [5, 5.41) is 0. The zero-order valence-corrected chi connectivity index (χ0v) is 9.20.